The molecule has 1 atom stereocenters. The molecule has 4 rings (SSSR count). The predicted octanol–water partition coefficient (Wildman–Crippen LogP) is 3.73. The highest BCUT2D eigenvalue weighted by Crippen LogP contribution is 2.26. The molecule has 2 aliphatic rings. The van der Waals surface area contributed by atoms with Crippen LogP contribution in [0, 0.1) is 6.92 Å². The molecular weight excluding hydrogens is 348 g/mol. The minimum absolute atomic E-state index is 0.148. The standard InChI is InChI=1S/C23H30N4O/c1-18-8-4-5-9-21(18)26-14-15-27(19(2)17-26)22-16-20(10-11-24-22)23(28)25-12-6-3-7-13-25/h4-5,8-11,16,19H,3,6-7,12-15,17H2,1-2H3/t19-/m0/s1. The summed E-state index contributed by atoms with van der Waals surface area (Å²) in [6.07, 6.45) is 5.24. The first-order valence-corrected chi connectivity index (χ1v) is 10.5. The number of piperidine rings is 1. The number of amides is 1. The van der Waals surface area contributed by atoms with Gasteiger partial charge in [-0.15, -0.1) is 0 Å². The second-order valence-electron chi connectivity index (χ2n) is 8.03. The lowest BCUT2D eigenvalue weighted by atomic mass is 10.1. The molecule has 2 aliphatic heterocycles. The highest BCUT2D eigenvalue weighted by Gasteiger charge is 2.26. The maximum atomic E-state index is 12.9. The minimum Gasteiger partial charge on any atom is -0.367 e. The third kappa shape index (κ3) is 3.84. The summed E-state index contributed by atoms with van der Waals surface area (Å²) in [5.74, 6) is 1.06. The maximum Gasteiger partial charge on any atom is 0.254 e. The van der Waals surface area contributed by atoms with Crippen LogP contribution in [0.15, 0.2) is 42.6 Å². The third-order valence-corrected chi connectivity index (χ3v) is 6.01. The van der Waals surface area contributed by atoms with Gasteiger partial charge in [-0.3, -0.25) is 4.79 Å². The van der Waals surface area contributed by atoms with E-state index in [1.54, 1.807) is 6.20 Å². The van der Waals surface area contributed by atoms with E-state index in [0.717, 1.165) is 56.9 Å². The second-order valence-corrected chi connectivity index (χ2v) is 8.03. The van der Waals surface area contributed by atoms with Crippen LogP contribution in [0.25, 0.3) is 0 Å². The van der Waals surface area contributed by atoms with Crippen LogP contribution in [0.5, 0.6) is 0 Å². The number of pyridine rings is 1. The van der Waals surface area contributed by atoms with Gasteiger partial charge in [0.25, 0.3) is 5.91 Å². The monoisotopic (exact) mass is 378 g/mol. The molecular formula is C23H30N4O. The number of rotatable bonds is 3. The Morgan fingerprint density at radius 1 is 1.04 bits per heavy atom. The molecule has 1 amide bonds. The molecule has 0 bridgehead atoms. The minimum atomic E-state index is 0.148. The summed E-state index contributed by atoms with van der Waals surface area (Å²) in [7, 11) is 0. The number of para-hydroxylation sites is 1. The SMILES string of the molecule is Cc1ccccc1N1CCN(c2cc(C(=O)N3CCCCC3)ccn2)[C@@H](C)C1. The van der Waals surface area contributed by atoms with Crippen LogP contribution in [-0.2, 0) is 0 Å². The van der Waals surface area contributed by atoms with Crippen LogP contribution in [0.3, 0.4) is 0 Å². The molecule has 0 N–H and O–H groups in total. The summed E-state index contributed by atoms with van der Waals surface area (Å²) in [5, 5.41) is 0. The predicted molar refractivity (Wildman–Crippen MR) is 114 cm³/mol. The fourth-order valence-electron chi connectivity index (χ4n) is 4.42. The van der Waals surface area contributed by atoms with Crippen molar-refractivity contribution in [2.45, 2.75) is 39.2 Å². The molecule has 28 heavy (non-hydrogen) atoms. The first-order chi connectivity index (χ1) is 13.6. The Labute approximate surface area is 168 Å². The third-order valence-electron chi connectivity index (χ3n) is 6.01. The Morgan fingerprint density at radius 2 is 1.82 bits per heavy atom. The largest absolute Gasteiger partial charge is 0.367 e. The lowest BCUT2D eigenvalue weighted by Gasteiger charge is -2.42. The molecule has 0 saturated carbocycles. The molecule has 0 spiro atoms. The van der Waals surface area contributed by atoms with Gasteiger partial charge in [-0.2, -0.15) is 0 Å². The molecule has 0 unspecified atom stereocenters. The van der Waals surface area contributed by atoms with Crippen molar-refractivity contribution in [3.8, 4) is 0 Å². The van der Waals surface area contributed by atoms with E-state index < -0.39 is 0 Å². The molecule has 3 heterocycles. The zero-order chi connectivity index (χ0) is 19.5. The van der Waals surface area contributed by atoms with Gasteiger partial charge in [-0.05, 0) is 56.9 Å². The van der Waals surface area contributed by atoms with E-state index >= 15 is 0 Å². The summed E-state index contributed by atoms with van der Waals surface area (Å²) < 4.78 is 0. The number of nitrogens with zero attached hydrogens (tertiary/aromatic N) is 4. The molecule has 0 aliphatic carbocycles. The van der Waals surface area contributed by atoms with E-state index in [1.807, 2.05) is 17.0 Å². The van der Waals surface area contributed by atoms with Gasteiger partial charge in [0, 0.05) is 56.2 Å². The van der Waals surface area contributed by atoms with Crippen LogP contribution in [-0.4, -0.2) is 54.6 Å². The Hall–Kier alpha value is -2.56. The number of carbonyl (C=O) groups is 1. The number of anilines is 2. The topological polar surface area (TPSA) is 39.7 Å². The number of benzene rings is 1. The molecule has 5 heteroatoms. The van der Waals surface area contributed by atoms with Crippen LogP contribution in [0.1, 0.15) is 42.1 Å². The first kappa shape index (κ1) is 18.8. The number of hydrogen-bond acceptors (Lipinski definition) is 4. The highest BCUT2D eigenvalue weighted by atomic mass is 16.2. The summed E-state index contributed by atoms with van der Waals surface area (Å²) in [6, 6.07) is 12.7. The first-order valence-electron chi connectivity index (χ1n) is 10.5. The van der Waals surface area contributed by atoms with Gasteiger partial charge in [-0.25, -0.2) is 4.98 Å². The maximum absolute atomic E-state index is 12.9. The van der Waals surface area contributed by atoms with Crippen molar-refractivity contribution in [1.29, 1.82) is 0 Å². The molecule has 2 saturated heterocycles. The van der Waals surface area contributed by atoms with E-state index in [2.05, 4.69) is 52.9 Å². The molecule has 0 radical (unpaired) electrons. The van der Waals surface area contributed by atoms with Crippen LogP contribution < -0.4 is 9.80 Å². The van der Waals surface area contributed by atoms with E-state index in [-0.39, 0.29) is 5.91 Å². The quantitative estimate of drug-likeness (QED) is 0.816. The second kappa shape index (κ2) is 8.21. The van der Waals surface area contributed by atoms with Gasteiger partial charge in [0.2, 0.25) is 0 Å². The van der Waals surface area contributed by atoms with Crippen molar-refractivity contribution in [1.82, 2.24) is 9.88 Å². The van der Waals surface area contributed by atoms with E-state index in [0.29, 0.717) is 6.04 Å². The van der Waals surface area contributed by atoms with Crippen LogP contribution in [0.2, 0.25) is 0 Å². The molecule has 5 nitrogen and oxygen atoms in total. The molecule has 148 valence electrons. The van der Waals surface area contributed by atoms with Gasteiger partial charge >= 0.3 is 0 Å². The van der Waals surface area contributed by atoms with Gasteiger partial charge < -0.3 is 14.7 Å². The van der Waals surface area contributed by atoms with Crippen molar-refractivity contribution >= 4 is 17.4 Å². The Morgan fingerprint density at radius 3 is 2.57 bits per heavy atom. The average Bonchev–Trinajstić information content (AvgIpc) is 2.74. The van der Waals surface area contributed by atoms with Gasteiger partial charge in [0.05, 0.1) is 0 Å². The summed E-state index contributed by atoms with van der Waals surface area (Å²) in [6.45, 7) is 8.99. The lowest BCUT2D eigenvalue weighted by Crippen LogP contribution is -2.52. The summed E-state index contributed by atoms with van der Waals surface area (Å²) in [5.41, 5.74) is 3.40. The van der Waals surface area contributed by atoms with Gasteiger partial charge in [-0.1, -0.05) is 18.2 Å². The molecule has 1 aromatic carbocycles. The van der Waals surface area contributed by atoms with Gasteiger partial charge in [0.1, 0.15) is 5.82 Å². The summed E-state index contributed by atoms with van der Waals surface area (Å²) >= 11 is 0. The van der Waals surface area contributed by atoms with Crippen molar-refractivity contribution in [3.05, 3.63) is 53.7 Å². The molecule has 2 fully saturated rings. The van der Waals surface area contributed by atoms with Crippen LogP contribution in [0.4, 0.5) is 11.5 Å². The number of likely N-dealkylation sites (tertiary alicyclic amines) is 1. The highest BCUT2D eigenvalue weighted by molar-refractivity contribution is 5.95. The van der Waals surface area contributed by atoms with Gasteiger partial charge in [0.15, 0.2) is 0 Å². The fraction of sp³-hybridized carbons (Fsp3) is 0.478. The van der Waals surface area contributed by atoms with Crippen molar-refractivity contribution in [3.63, 3.8) is 0 Å². The molecule has 1 aromatic heterocycles. The normalized spacial score (nSPS) is 20.4. The lowest BCUT2D eigenvalue weighted by molar-refractivity contribution is 0.0724. The van der Waals surface area contributed by atoms with E-state index in [4.69, 9.17) is 0 Å². The number of piperazine rings is 1. The number of aryl methyl sites for hydroxylation is 1. The average molecular weight is 379 g/mol. The number of hydrogen-bond donors (Lipinski definition) is 0. The Balaban J connectivity index is 1.48. The van der Waals surface area contributed by atoms with Crippen molar-refractivity contribution in [2.75, 3.05) is 42.5 Å². The van der Waals surface area contributed by atoms with E-state index in [1.165, 1.54) is 17.7 Å². The Kier molecular flexibility index (Phi) is 5.51. The van der Waals surface area contributed by atoms with Crippen molar-refractivity contribution < 1.29 is 4.79 Å². The van der Waals surface area contributed by atoms with Crippen LogP contribution >= 0.6 is 0 Å². The summed E-state index contributed by atoms with van der Waals surface area (Å²) in [4.78, 5) is 24.2. The Bertz CT molecular complexity index is 831. The van der Waals surface area contributed by atoms with E-state index in [9.17, 15) is 4.79 Å². The fourth-order valence-corrected chi connectivity index (χ4v) is 4.42. The smallest absolute Gasteiger partial charge is 0.254 e. The molecule has 2 aromatic rings. The number of aromatic nitrogens is 1. The zero-order valence-corrected chi connectivity index (χ0v) is 17.0. The van der Waals surface area contributed by atoms with Crippen molar-refractivity contribution in [2.24, 2.45) is 0 Å². The number of carbonyl (C=O) groups excluding carboxylic acids is 1. The zero-order valence-electron chi connectivity index (χ0n) is 17.0.